The van der Waals surface area contributed by atoms with Gasteiger partial charge in [-0.1, -0.05) is 22.0 Å². The highest BCUT2D eigenvalue weighted by Crippen LogP contribution is 2.31. The van der Waals surface area contributed by atoms with Gasteiger partial charge in [-0.3, -0.25) is 0 Å². The molecule has 1 aromatic carbocycles. The first-order chi connectivity index (χ1) is 6.07. The van der Waals surface area contributed by atoms with Gasteiger partial charge in [-0.2, -0.15) is 0 Å². The third kappa shape index (κ3) is 1.85. The molecule has 1 atom stereocenters. The third-order valence-corrected chi connectivity index (χ3v) is 2.77. The molecule has 3 heteroatoms. The van der Waals surface area contributed by atoms with Crippen LogP contribution < -0.4 is 5.32 Å². The Hall–Kier alpha value is -0.570. The molecule has 0 fully saturated rings. The summed E-state index contributed by atoms with van der Waals surface area (Å²) in [5.41, 5.74) is 0.991. The van der Waals surface area contributed by atoms with E-state index in [0.717, 1.165) is 15.7 Å². The van der Waals surface area contributed by atoms with E-state index in [1.165, 1.54) is 0 Å². The highest BCUT2D eigenvalue weighted by atomic mass is 79.9. The van der Waals surface area contributed by atoms with E-state index >= 15 is 0 Å². The molecular formula is C10H11BrFN. The maximum atomic E-state index is 13.6. The van der Waals surface area contributed by atoms with Gasteiger partial charge in [0.25, 0.3) is 0 Å². The normalized spacial score (nSPS) is 26.4. The molecule has 1 aromatic rings. The summed E-state index contributed by atoms with van der Waals surface area (Å²) < 4.78 is 14.6. The van der Waals surface area contributed by atoms with Crippen LogP contribution in [0.3, 0.4) is 0 Å². The summed E-state index contributed by atoms with van der Waals surface area (Å²) in [6.07, 6.45) is 0.503. The number of hydrogen-bond acceptors (Lipinski definition) is 1. The predicted octanol–water partition coefficient (Wildman–Crippen LogP) is 3.15. The number of nitrogens with one attached hydrogen (secondary N) is 1. The van der Waals surface area contributed by atoms with Crippen molar-refractivity contribution >= 4 is 21.6 Å². The largest absolute Gasteiger partial charge is 0.382 e. The zero-order valence-electron chi connectivity index (χ0n) is 7.40. The minimum absolute atomic E-state index is 0.399. The van der Waals surface area contributed by atoms with Crippen LogP contribution in [-0.2, 0) is 6.42 Å². The Balaban J connectivity index is 2.37. The monoisotopic (exact) mass is 243 g/mol. The second kappa shape index (κ2) is 2.98. The highest BCUT2D eigenvalue weighted by molar-refractivity contribution is 9.10. The Morgan fingerprint density at radius 2 is 2.31 bits per heavy atom. The molecule has 0 saturated heterocycles. The van der Waals surface area contributed by atoms with Crippen molar-refractivity contribution in [2.75, 3.05) is 11.9 Å². The number of fused-ring (bicyclic) bond motifs is 1. The molecule has 1 nitrogen and oxygen atoms in total. The lowest BCUT2D eigenvalue weighted by Gasteiger charge is -2.29. The number of anilines is 1. The van der Waals surface area contributed by atoms with Gasteiger partial charge in [0.1, 0.15) is 5.67 Å². The van der Waals surface area contributed by atoms with Gasteiger partial charge in [-0.05, 0) is 24.6 Å². The Bertz CT molecular complexity index is 336. The Labute approximate surface area is 85.5 Å². The first-order valence-electron chi connectivity index (χ1n) is 4.28. The minimum Gasteiger partial charge on any atom is -0.382 e. The van der Waals surface area contributed by atoms with E-state index in [4.69, 9.17) is 0 Å². The van der Waals surface area contributed by atoms with Gasteiger partial charge in [0, 0.05) is 23.1 Å². The van der Waals surface area contributed by atoms with Gasteiger partial charge < -0.3 is 5.32 Å². The maximum absolute atomic E-state index is 13.6. The van der Waals surface area contributed by atoms with Crippen LogP contribution in [0.4, 0.5) is 10.1 Å². The average molecular weight is 244 g/mol. The van der Waals surface area contributed by atoms with E-state index < -0.39 is 5.67 Å². The Morgan fingerprint density at radius 3 is 3.08 bits per heavy atom. The van der Waals surface area contributed by atoms with E-state index in [1.807, 2.05) is 18.2 Å². The van der Waals surface area contributed by atoms with E-state index in [2.05, 4.69) is 21.2 Å². The van der Waals surface area contributed by atoms with Crippen LogP contribution in [0.1, 0.15) is 12.5 Å². The molecule has 0 radical (unpaired) electrons. The topological polar surface area (TPSA) is 12.0 Å². The van der Waals surface area contributed by atoms with Crippen LogP contribution in [0.25, 0.3) is 0 Å². The van der Waals surface area contributed by atoms with E-state index in [1.54, 1.807) is 6.92 Å². The maximum Gasteiger partial charge on any atom is 0.129 e. The van der Waals surface area contributed by atoms with E-state index in [0.29, 0.717) is 13.0 Å². The van der Waals surface area contributed by atoms with Gasteiger partial charge >= 0.3 is 0 Å². The van der Waals surface area contributed by atoms with Crippen molar-refractivity contribution < 1.29 is 4.39 Å². The third-order valence-electron chi connectivity index (χ3n) is 2.28. The lowest BCUT2D eigenvalue weighted by Crippen LogP contribution is -2.35. The molecule has 2 rings (SSSR count). The van der Waals surface area contributed by atoms with Crippen molar-refractivity contribution in [1.29, 1.82) is 0 Å². The van der Waals surface area contributed by atoms with Crippen LogP contribution in [0.15, 0.2) is 22.7 Å². The molecule has 13 heavy (non-hydrogen) atoms. The van der Waals surface area contributed by atoms with Gasteiger partial charge in [0.05, 0.1) is 0 Å². The summed E-state index contributed by atoms with van der Waals surface area (Å²) in [7, 11) is 0. The van der Waals surface area contributed by atoms with Crippen molar-refractivity contribution in [2.24, 2.45) is 0 Å². The Kier molecular flexibility index (Phi) is 2.06. The zero-order valence-corrected chi connectivity index (χ0v) is 8.99. The lowest BCUT2D eigenvalue weighted by molar-refractivity contribution is 0.202. The molecule has 0 aliphatic carbocycles. The summed E-state index contributed by atoms with van der Waals surface area (Å²) in [4.78, 5) is 0. The molecule has 1 heterocycles. The predicted molar refractivity (Wildman–Crippen MR) is 55.8 cm³/mol. The van der Waals surface area contributed by atoms with Crippen LogP contribution >= 0.6 is 15.9 Å². The molecule has 0 bridgehead atoms. The average Bonchev–Trinajstić information content (AvgIpc) is 2.05. The van der Waals surface area contributed by atoms with Crippen LogP contribution in [0.5, 0.6) is 0 Å². The first kappa shape index (κ1) is 9.00. The minimum atomic E-state index is -1.11. The number of alkyl halides is 1. The summed E-state index contributed by atoms with van der Waals surface area (Å²) in [6.45, 7) is 2.03. The Morgan fingerprint density at radius 1 is 1.54 bits per heavy atom. The van der Waals surface area contributed by atoms with Crippen molar-refractivity contribution in [3.63, 3.8) is 0 Å². The zero-order chi connectivity index (χ0) is 9.47. The van der Waals surface area contributed by atoms with Crippen LogP contribution in [0.2, 0.25) is 0 Å². The smallest absolute Gasteiger partial charge is 0.129 e. The lowest BCUT2D eigenvalue weighted by atomic mass is 9.93. The number of rotatable bonds is 0. The molecule has 1 N–H and O–H groups in total. The SMILES string of the molecule is CC1(F)CNc2cc(Br)ccc2C1. The second-order valence-electron chi connectivity index (χ2n) is 3.75. The van der Waals surface area contributed by atoms with Crippen molar-refractivity contribution in [3.8, 4) is 0 Å². The first-order valence-corrected chi connectivity index (χ1v) is 5.07. The standard InChI is InChI=1S/C10H11BrFN/c1-10(12)5-7-2-3-8(11)4-9(7)13-6-10/h2-4,13H,5-6H2,1H3. The number of hydrogen-bond donors (Lipinski definition) is 1. The van der Waals surface area contributed by atoms with E-state index in [9.17, 15) is 4.39 Å². The fourth-order valence-corrected chi connectivity index (χ4v) is 1.97. The van der Waals surface area contributed by atoms with Crippen LogP contribution in [0, 0.1) is 0 Å². The van der Waals surface area contributed by atoms with Gasteiger partial charge in [-0.15, -0.1) is 0 Å². The van der Waals surface area contributed by atoms with Crippen molar-refractivity contribution in [3.05, 3.63) is 28.2 Å². The molecule has 1 unspecified atom stereocenters. The van der Waals surface area contributed by atoms with Gasteiger partial charge in [0.15, 0.2) is 0 Å². The van der Waals surface area contributed by atoms with Crippen molar-refractivity contribution in [2.45, 2.75) is 19.0 Å². The summed E-state index contributed by atoms with van der Waals surface area (Å²) in [5, 5.41) is 3.09. The van der Waals surface area contributed by atoms with Gasteiger partial charge in [0.2, 0.25) is 0 Å². The molecule has 70 valence electrons. The summed E-state index contributed by atoms with van der Waals surface area (Å²) >= 11 is 3.39. The summed E-state index contributed by atoms with van der Waals surface area (Å²) in [6, 6.07) is 5.90. The fourth-order valence-electron chi connectivity index (χ4n) is 1.61. The highest BCUT2D eigenvalue weighted by Gasteiger charge is 2.28. The second-order valence-corrected chi connectivity index (χ2v) is 4.66. The molecule has 0 amide bonds. The molecule has 1 aliphatic rings. The van der Waals surface area contributed by atoms with Crippen LogP contribution in [-0.4, -0.2) is 12.2 Å². The molecule has 0 aromatic heterocycles. The molecular weight excluding hydrogens is 233 g/mol. The van der Waals surface area contributed by atoms with Gasteiger partial charge in [-0.25, -0.2) is 4.39 Å². The summed E-state index contributed by atoms with van der Waals surface area (Å²) in [5.74, 6) is 0. The molecule has 0 saturated carbocycles. The number of benzene rings is 1. The number of halogens is 2. The fraction of sp³-hybridized carbons (Fsp3) is 0.400. The van der Waals surface area contributed by atoms with E-state index in [-0.39, 0.29) is 0 Å². The molecule has 1 aliphatic heterocycles. The molecule has 0 spiro atoms. The quantitative estimate of drug-likeness (QED) is 0.739. The van der Waals surface area contributed by atoms with Crippen molar-refractivity contribution in [1.82, 2.24) is 0 Å².